The Kier molecular flexibility index (Phi) is 10.7. The van der Waals surface area contributed by atoms with Crippen molar-refractivity contribution in [2.45, 2.75) is 38.8 Å². The van der Waals surface area contributed by atoms with Gasteiger partial charge in [-0.1, -0.05) is 18.5 Å². The molecule has 0 bridgehead atoms. The highest BCUT2D eigenvalue weighted by atomic mass is 35.5. The van der Waals surface area contributed by atoms with E-state index in [0.29, 0.717) is 30.3 Å². The summed E-state index contributed by atoms with van der Waals surface area (Å²) in [5.41, 5.74) is -0.457. The Hall–Kier alpha value is -3.60. The molecule has 0 atom stereocenters. The number of hydrogen-bond donors (Lipinski definition) is 2. The molecule has 0 saturated heterocycles. The highest BCUT2D eigenvalue weighted by molar-refractivity contribution is 6.33. The van der Waals surface area contributed by atoms with Crippen LogP contribution in [0.2, 0.25) is 5.02 Å². The predicted molar refractivity (Wildman–Crippen MR) is 126 cm³/mol. The third-order valence-electron chi connectivity index (χ3n) is 4.56. The summed E-state index contributed by atoms with van der Waals surface area (Å²) in [7, 11) is 0. The fourth-order valence-electron chi connectivity index (χ4n) is 2.79. The van der Waals surface area contributed by atoms with E-state index < -0.39 is 36.2 Å². The second-order valence-electron chi connectivity index (χ2n) is 7.52. The van der Waals surface area contributed by atoms with Crippen molar-refractivity contribution in [3.63, 3.8) is 0 Å². The van der Waals surface area contributed by atoms with Gasteiger partial charge in [0, 0.05) is 18.5 Å². The largest absolute Gasteiger partial charge is 0.462 e. The van der Waals surface area contributed by atoms with Gasteiger partial charge in [0.25, 0.3) is 5.91 Å². The molecule has 0 aliphatic heterocycles. The molecule has 12 heteroatoms. The lowest BCUT2D eigenvalue weighted by atomic mass is 10.2. The Morgan fingerprint density at radius 1 is 0.917 bits per heavy atom. The number of nitrogens with one attached hydrogen (secondary N) is 2. The molecular weight excluding hydrogens is 505 g/mol. The van der Waals surface area contributed by atoms with Crippen LogP contribution in [-0.4, -0.2) is 37.0 Å². The number of anilines is 2. The van der Waals surface area contributed by atoms with Crippen LogP contribution in [0.5, 0.6) is 0 Å². The summed E-state index contributed by atoms with van der Waals surface area (Å²) in [5.74, 6) is -2.46. The lowest BCUT2D eigenvalue weighted by molar-refractivity contribution is -0.147. The monoisotopic (exact) mass is 528 g/mol. The third kappa shape index (κ3) is 9.57. The summed E-state index contributed by atoms with van der Waals surface area (Å²) in [4.78, 5) is 47.5. The molecule has 2 N–H and O–H groups in total. The standard InChI is InChI=1S/C24H24ClF3N2O6/c1-2-12-35-23(34)15-6-9-17(10-7-15)29-20(31)4-3-5-22(33)36-14-21(32)30-19-13-16(24(26,27)28)8-11-18(19)25/h6-11,13H,2-5,12,14H2,1H3,(H,29,31)(H,30,32). The van der Waals surface area contributed by atoms with Crippen LogP contribution in [0, 0.1) is 0 Å². The summed E-state index contributed by atoms with van der Waals surface area (Å²) in [6, 6.07) is 8.56. The number of ether oxygens (including phenoxy) is 2. The minimum atomic E-state index is -4.62. The van der Waals surface area contributed by atoms with E-state index in [1.807, 2.05) is 6.92 Å². The smallest absolute Gasteiger partial charge is 0.416 e. The topological polar surface area (TPSA) is 111 Å². The van der Waals surface area contributed by atoms with Crippen molar-refractivity contribution in [3.05, 3.63) is 58.6 Å². The van der Waals surface area contributed by atoms with E-state index in [-0.39, 0.29) is 35.9 Å². The molecule has 0 fully saturated rings. The molecule has 8 nitrogen and oxygen atoms in total. The predicted octanol–water partition coefficient (Wildman–Crippen LogP) is 5.22. The molecule has 0 radical (unpaired) electrons. The van der Waals surface area contributed by atoms with Gasteiger partial charge < -0.3 is 20.1 Å². The number of hydrogen-bond acceptors (Lipinski definition) is 6. The summed E-state index contributed by atoms with van der Waals surface area (Å²) < 4.78 is 48.2. The lowest BCUT2D eigenvalue weighted by Gasteiger charge is -2.12. The first kappa shape index (κ1) is 28.6. The Bertz CT molecular complexity index is 1090. The SMILES string of the molecule is CCCOC(=O)c1ccc(NC(=O)CCCC(=O)OCC(=O)Nc2cc(C(F)(F)F)ccc2Cl)cc1. The molecule has 0 aliphatic rings. The average Bonchev–Trinajstić information content (AvgIpc) is 2.82. The molecular formula is C24H24ClF3N2O6. The fourth-order valence-corrected chi connectivity index (χ4v) is 2.95. The molecule has 2 rings (SSSR count). The first-order chi connectivity index (χ1) is 17.0. The van der Waals surface area contributed by atoms with Crippen molar-refractivity contribution in [1.82, 2.24) is 0 Å². The molecule has 0 spiro atoms. The molecule has 2 amide bonds. The second kappa shape index (κ2) is 13.5. The van der Waals surface area contributed by atoms with Gasteiger partial charge in [0.2, 0.25) is 5.91 Å². The highest BCUT2D eigenvalue weighted by Crippen LogP contribution is 2.33. The van der Waals surface area contributed by atoms with Gasteiger partial charge in [0.15, 0.2) is 6.61 Å². The summed E-state index contributed by atoms with van der Waals surface area (Å²) >= 11 is 5.80. The van der Waals surface area contributed by atoms with Crippen LogP contribution < -0.4 is 10.6 Å². The quantitative estimate of drug-likeness (QED) is 0.387. The van der Waals surface area contributed by atoms with Gasteiger partial charge in [-0.3, -0.25) is 14.4 Å². The maximum atomic E-state index is 12.8. The Morgan fingerprint density at radius 3 is 2.25 bits per heavy atom. The van der Waals surface area contributed by atoms with Gasteiger partial charge in [0.1, 0.15) is 0 Å². The molecule has 0 unspecified atom stereocenters. The second-order valence-corrected chi connectivity index (χ2v) is 7.92. The summed E-state index contributed by atoms with van der Waals surface area (Å²) in [5, 5.41) is 4.67. The van der Waals surface area contributed by atoms with E-state index in [2.05, 4.69) is 10.6 Å². The van der Waals surface area contributed by atoms with Crippen LogP contribution in [0.25, 0.3) is 0 Å². The number of benzene rings is 2. The zero-order valence-electron chi connectivity index (χ0n) is 19.2. The lowest BCUT2D eigenvalue weighted by Crippen LogP contribution is -2.21. The average molecular weight is 529 g/mol. The van der Waals surface area contributed by atoms with Gasteiger partial charge >= 0.3 is 18.1 Å². The molecule has 0 heterocycles. The number of amides is 2. The molecule has 2 aromatic rings. The first-order valence-electron chi connectivity index (χ1n) is 10.9. The number of halogens is 4. The van der Waals surface area contributed by atoms with Gasteiger partial charge in [-0.15, -0.1) is 0 Å². The van der Waals surface area contributed by atoms with Crippen LogP contribution in [0.4, 0.5) is 24.5 Å². The fraction of sp³-hybridized carbons (Fsp3) is 0.333. The molecule has 36 heavy (non-hydrogen) atoms. The first-order valence-corrected chi connectivity index (χ1v) is 11.3. The van der Waals surface area contributed by atoms with Crippen molar-refractivity contribution >= 4 is 46.7 Å². The molecule has 0 aromatic heterocycles. The minimum Gasteiger partial charge on any atom is -0.462 e. The van der Waals surface area contributed by atoms with Gasteiger partial charge in [-0.05, 0) is 55.3 Å². The minimum absolute atomic E-state index is 0.0125. The number of carbonyl (C=O) groups is 4. The molecule has 2 aromatic carbocycles. The van der Waals surface area contributed by atoms with Crippen LogP contribution in [0.1, 0.15) is 48.5 Å². The van der Waals surface area contributed by atoms with Crippen molar-refractivity contribution < 1.29 is 41.8 Å². The van der Waals surface area contributed by atoms with Crippen LogP contribution in [0.3, 0.4) is 0 Å². The van der Waals surface area contributed by atoms with Gasteiger partial charge in [0.05, 0.1) is 28.4 Å². The van der Waals surface area contributed by atoms with Crippen molar-refractivity contribution in [2.24, 2.45) is 0 Å². The van der Waals surface area contributed by atoms with E-state index in [9.17, 15) is 32.3 Å². The number of carbonyl (C=O) groups excluding carboxylic acids is 4. The van der Waals surface area contributed by atoms with Crippen molar-refractivity contribution in [3.8, 4) is 0 Å². The van der Waals surface area contributed by atoms with Gasteiger partial charge in [-0.25, -0.2) is 4.79 Å². The van der Waals surface area contributed by atoms with Crippen LogP contribution >= 0.6 is 11.6 Å². The van der Waals surface area contributed by atoms with Crippen LogP contribution in [-0.2, 0) is 30.0 Å². The normalized spacial score (nSPS) is 10.9. The summed E-state index contributed by atoms with van der Waals surface area (Å²) in [6.45, 7) is 1.46. The van der Waals surface area contributed by atoms with Crippen molar-refractivity contribution in [2.75, 3.05) is 23.8 Å². The van der Waals surface area contributed by atoms with E-state index >= 15 is 0 Å². The summed E-state index contributed by atoms with van der Waals surface area (Å²) in [6.07, 6.45) is -3.95. The maximum absolute atomic E-state index is 12.8. The Morgan fingerprint density at radius 2 is 1.61 bits per heavy atom. The Labute approximate surface area is 210 Å². The molecule has 0 aliphatic carbocycles. The molecule has 194 valence electrons. The number of esters is 2. The van der Waals surface area contributed by atoms with E-state index in [1.54, 1.807) is 12.1 Å². The number of rotatable bonds is 11. The zero-order valence-corrected chi connectivity index (χ0v) is 20.0. The van der Waals surface area contributed by atoms with E-state index in [4.69, 9.17) is 21.1 Å². The van der Waals surface area contributed by atoms with Gasteiger partial charge in [-0.2, -0.15) is 13.2 Å². The highest BCUT2D eigenvalue weighted by Gasteiger charge is 2.31. The zero-order chi connectivity index (χ0) is 26.7. The van der Waals surface area contributed by atoms with Crippen LogP contribution in [0.15, 0.2) is 42.5 Å². The van der Waals surface area contributed by atoms with E-state index in [0.717, 1.165) is 12.1 Å². The number of alkyl halides is 3. The molecule has 0 saturated carbocycles. The third-order valence-corrected chi connectivity index (χ3v) is 4.89. The van der Waals surface area contributed by atoms with Crippen molar-refractivity contribution in [1.29, 1.82) is 0 Å². The van der Waals surface area contributed by atoms with E-state index in [1.165, 1.54) is 12.1 Å². The maximum Gasteiger partial charge on any atom is 0.416 e. The Balaban J connectivity index is 1.70.